The fraction of sp³-hybridized carbons (Fsp3) is 0.518. The molecular formula is C56H70F3N7O8S2. The number of hydrogen-bond donors (Lipinski definition) is 3. The Bertz CT molecular complexity index is 2670. The molecule has 0 unspecified atom stereocenters. The minimum absolute atomic E-state index is 0.0139. The predicted octanol–water partition coefficient (Wildman–Crippen LogP) is 9.66. The van der Waals surface area contributed by atoms with Crippen molar-refractivity contribution in [3.63, 3.8) is 0 Å². The maximum Gasteiger partial charge on any atom is 0.417 e. The highest BCUT2D eigenvalue weighted by molar-refractivity contribution is 7.81. The largest absolute Gasteiger partial charge is 0.494 e. The van der Waals surface area contributed by atoms with Gasteiger partial charge >= 0.3 is 6.18 Å². The Kier molecular flexibility index (Phi) is 21.0. The Hall–Kier alpha value is -5.98. The summed E-state index contributed by atoms with van der Waals surface area (Å²) in [5, 5.41) is 25.7. The molecule has 3 aromatic carbocycles. The summed E-state index contributed by atoms with van der Waals surface area (Å²) in [7, 11) is 0. The van der Waals surface area contributed by atoms with Crippen molar-refractivity contribution in [2.75, 3.05) is 49.4 Å². The number of halogens is 3. The number of rotatable bonds is 26. The Balaban J connectivity index is 0.785. The van der Waals surface area contributed by atoms with Gasteiger partial charge in [-0.15, -0.1) is 11.3 Å². The van der Waals surface area contributed by atoms with Crippen molar-refractivity contribution in [3.05, 3.63) is 94.6 Å². The molecule has 0 saturated carbocycles. The molecule has 4 amide bonds. The van der Waals surface area contributed by atoms with E-state index in [9.17, 15) is 42.7 Å². The van der Waals surface area contributed by atoms with E-state index in [0.717, 1.165) is 83.7 Å². The van der Waals surface area contributed by atoms with Crippen LogP contribution in [0.3, 0.4) is 0 Å². The van der Waals surface area contributed by atoms with Crippen LogP contribution in [-0.2, 0) is 41.4 Å². The molecule has 2 saturated heterocycles. The van der Waals surface area contributed by atoms with Gasteiger partial charge in [-0.1, -0.05) is 57.9 Å². The van der Waals surface area contributed by atoms with Gasteiger partial charge in [-0.25, -0.2) is 4.98 Å². The van der Waals surface area contributed by atoms with Gasteiger partial charge in [-0.2, -0.15) is 18.4 Å². The summed E-state index contributed by atoms with van der Waals surface area (Å²) in [5.74, 6) is -0.858. The van der Waals surface area contributed by atoms with Gasteiger partial charge in [0.15, 0.2) is 5.11 Å². The van der Waals surface area contributed by atoms with Crippen LogP contribution in [0.1, 0.15) is 121 Å². The summed E-state index contributed by atoms with van der Waals surface area (Å²) in [6, 6.07) is 17.8. The second-order valence-corrected chi connectivity index (χ2v) is 22.0. The van der Waals surface area contributed by atoms with Crippen molar-refractivity contribution < 1.29 is 51.7 Å². The fourth-order valence-electron chi connectivity index (χ4n) is 9.12. The number of carbonyl (C=O) groups is 4. The molecule has 6 rings (SSSR count). The molecule has 2 aliphatic heterocycles. The Labute approximate surface area is 453 Å². The molecule has 3 N–H and O–H groups in total. The number of aliphatic hydroxyl groups is 1. The molecule has 3 atom stereocenters. The lowest BCUT2D eigenvalue weighted by atomic mass is 9.85. The van der Waals surface area contributed by atoms with E-state index in [4.69, 9.17) is 26.4 Å². The van der Waals surface area contributed by atoms with Crippen molar-refractivity contribution in [1.82, 2.24) is 20.5 Å². The number of nitrogens with zero attached hydrogens (tertiary/aromatic N) is 5. The van der Waals surface area contributed by atoms with Gasteiger partial charge in [0.1, 0.15) is 23.4 Å². The van der Waals surface area contributed by atoms with E-state index >= 15 is 0 Å². The highest BCUT2D eigenvalue weighted by Crippen LogP contribution is 2.40. The second kappa shape index (κ2) is 26.9. The van der Waals surface area contributed by atoms with Crippen molar-refractivity contribution >= 4 is 63.7 Å². The first kappa shape index (κ1) is 59.3. The number of ether oxygens (including phenoxy) is 3. The summed E-state index contributed by atoms with van der Waals surface area (Å²) in [6.45, 7) is 14.1. The third kappa shape index (κ3) is 15.6. The zero-order valence-corrected chi connectivity index (χ0v) is 45.8. The summed E-state index contributed by atoms with van der Waals surface area (Å²) in [4.78, 5) is 63.5. The lowest BCUT2D eigenvalue weighted by Crippen LogP contribution is -2.57. The summed E-state index contributed by atoms with van der Waals surface area (Å²) in [5.41, 5.74) is 1.70. The van der Waals surface area contributed by atoms with Crippen LogP contribution in [0.2, 0.25) is 0 Å². The lowest BCUT2D eigenvalue weighted by Gasteiger charge is -2.35. The van der Waals surface area contributed by atoms with Gasteiger partial charge in [0, 0.05) is 58.0 Å². The summed E-state index contributed by atoms with van der Waals surface area (Å²) >= 11 is 7.20. The zero-order chi connectivity index (χ0) is 55.2. The normalized spacial score (nSPS) is 17.0. The Morgan fingerprint density at radius 2 is 1.50 bits per heavy atom. The molecule has 2 aliphatic rings. The van der Waals surface area contributed by atoms with Crippen molar-refractivity contribution in [2.24, 2.45) is 5.41 Å². The number of β-amino-alcohol motifs (C(OH)–C–C–N with tert-alkyl or cyclic N) is 1. The van der Waals surface area contributed by atoms with Crippen molar-refractivity contribution in [1.29, 1.82) is 5.26 Å². The number of aliphatic hydroxyl groups excluding tert-OH is 1. The van der Waals surface area contributed by atoms with E-state index < -0.39 is 52.4 Å². The number of hydrogen-bond acceptors (Lipinski definition) is 12. The van der Waals surface area contributed by atoms with Gasteiger partial charge in [-0.05, 0) is 131 Å². The van der Waals surface area contributed by atoms with Gasteiger partial charge < -0.3 is 39.8 Å². The number of likely N-dealkylation sites (tertiary alicyclic amines) is 1. The first-order valence-corrected chi connectivity index (χ1v) is 27.1. The predicted molar refractivity (Wildman–Crippen MR) is 290 cm³/mol. The highest BCUT2D eigenvalue weighted by Gasteiger charge is 2.51. The standard InChI is InChI=1S/C56H70F3N7O8S2/c1-37-48(76-36-62-37)39-18-16-38(17-19-39)34-61-50(69)46-32-43(67)35-64(46)51(70)49(54(2,3)4)63-47(68)15-9-7-8-10-26-72-27-11-12-28-73-29-13-14-30-74-44-24-22-41(23-25-44)66-53(75)65(52(71)55(66,5)6)42-21-20-40(33-60)45(31-42)56(57,58)59/h16-25,31,36,43,46,49,67H,7-15,26-30,32,34-35H2,1-6H3,(H,61,69)(H,63,68)/t43-,46+,49-/m1/s1. The monoisotopic (exact) mass is 1090 g/mol. The number of nitrogens with one attached hydrogen (secondary N) is 2. The summed E-state index contributed by atoms with van der Waals surface area (Å²) in [6.07, 6.45) is 1.34. The molecule has 4 aromatic rings. The third-order valence-electron chi connectivity index (χ3n) is 13.4. The number of thiocarbonyl (C=S) groups is 1. The quantitative estimate of drug-likeness (QED) is 0.0400. The van der Waals surface area contributed by atoms with Gasteiger partial charge in [0.05, 0.1) is 51.7 Å². The van der Waals surface area contributed by atoms with Gasteiger partial charge in [0.25, 0.3) is 5.91 Å². The van der Waals surface area contributed by atoms with Crippen molar-refractivity contribution in [2.45, 2.75) is 142 Å². The van der Waals surface area contributed by atoms with Gasteiger partial charge in [-0.3, -0.25) is 24.1 Å². The molecule has 2 fully saturated rings. The van der Waals surface area contributed by atoms with Crippen LogP contribution < -0.4 is 25.2 Å². The number of alkyl halides is 3. The second-order valence-electron chi connectivity index (χ2n) is 20.7. The topological polar surface area (TPSA) is 187 Å². The number of amides is 4. The number of thiazole rings is 1. The molecule has 1 aromatic heterocycles. The molecular weight excluding hydrogens is 1020 g/mol. The SMILES string of the molecule is Cc1ncsc1-c1ccc(CNC(=O)[C@@H]2C[C@@H](O)CN2C(=O)[C@@H](NC(=O)CCCCCCOCCCCOCCCCOc2ccc(N3C(=S)N(c4ccc(C#N)c(C(F)(F)F)c4)C(=O)C3(C)C)cc2)C(C)(C)C)cc1. The number of aromatic nitrogens is 1. The van der Waals surface area contributed by atoms with E-state index in [1.165, 1.54) is 11.0 Å². The van der Waals surface area contributed by atoms with E-state index in [-0.39, 0.29) is 54.5 Å². The van der Waals surface area contributed by atoms with Crippen LogP contribution >= 0.6 is 23.6 Å². The third-order valence-corrected chi connectivity index (χ3v) is 14.7. The molecule has 410 valence electrons. The first-order valence-electron chi connectivity index (χ1n) is 25.8. The van der Waals surface area contributed by atoms with Crippen LogP contribution in [0.25, 0.3) is 10.4 Å². The van der Waals surface area contributed by atoms with E-state index in [1.807, 2.05) is 57.5 Å². The van der Waals surface area contributed by atoms with Crippen LogP contribution in [-0.4, -0.2) is 107 Å². The van der Waals surface area contributed by atoms with Crippen LogP contribution in [0, 0.1) is 23.7 Å². The molecule has 20 heteroatoms. The average molecular weight is 1090 g/mol. The average Bonchev–Trinajstić information content (AvgIpc) is 4.12. The first-order chi connectivity index (χ1) is 36.1. The minimum atomic E-state index is -4.79. The maximum atomic E-state index is 14.0. The molecule has 0 bridgehead atoms. The molecule has 0 radical (unpaired) electrons. The van der Waals surface area contributed by atoms with E-state index in [1.54, 1.807) is 60.4 Å². The maximum absolute atomic E-state index is 14.0. The van der Waals surface area contributed by atoms with Gasteiger partial charge in [0.2, 0.25) is 17.7 Å². The minimum Gasteiger partial charge on any atom is -0.494 e. The van der Waals surface area contributed by atoms with E-state index in [0.29, 0.717) is 50.9 Å². The lowest BCUT2D eigenvalue weighted by molar-refractivity contribution is -0.144. The number of anilines is 2. The van der Waals surface area contributed by atoms with E-state index in [2.05, 4.69) is 15.6 Å². The highest BCUT2D eigenvalue weighted by atomic mass is 32.1. The van der Waals surface area contributed by atoms with Crippen molar-refractivity contribution in [3.8, 4) is 22.3 Å². The molecule has 0 spiro atoms. The molecule has 3 heterocycles. The molecule has 76 heavy (non-hydrogen) atoms. The number of unbranched alkanes of at least 4 members (excludes halogenated alkanes) is 5. The Morgan fingerprint density at radius 1 is 0.895 bits per heavy atom. The van der Waals surface area contributed by atoms with Crippen LogP contribution in [0.4, 0.5) is 24.5 Å². The zero-order valence-electron chi connectivity index (χ0n) is 44.2. The number of nitriles is 1. The summed E-state index contributed by atoms with van der Waals surface area (Å²) < 4.78 is 58.6. The number of benzene rings is 3. The van der Waals surface area contributed by atoms with Crippen LogP contribution in [0.5, 0.6) is 5.75 Å². The molecule has 15 nitrogen and oxygen atoms in total. The number of aryl methyl sites for hydroxylation is 1. The number of carbonyl (C=O) groups excluding carboxylic acids is 4. The fourth-order valence-corrected chi connectivity index (χ4v) is 10.4. The molecule has 0 aliphatic carbocycles. The smallest absolute Gasteiger partial charge is 0.417 e. The Morgan fingerprint density at radius 3 is 2.09 bits per heavy atom. The van der Waals surface area contributed by atoms with Crippen LogP contribution in [0.15, 0.2) is 72.2 Å².